The number of nitrogens with one attached hydrogen (secondary N) is 1. The van der Waals surface area contributed by atoms with Crippen LogP contribution in [0.15, 0.2) is 24.3 Å². The summed E-state index contributed by atoms with van der Waals surface area (Å²) in [6.07, 6.45) is -3.78. The predicted molar refractivity (Wildman–Crippen MR) is 73.1 cm³/mol. The van der Waals surface area contributed by atoms with E-state index in [2.05, 4.69) is 23.9 Å². The molecule has 1 aliphatic rings. The second-order valence-electron chi connectivity index (χ2n) is 5.52. The van der Waals surface area contributed by atoms with Gasteiger partial charge in [-0.2, -0.15) is 0 Å². The number of benzene rings is 1. The van der Waals surface area contributed by atoms with Crippen LogP contribution in [0.4, 0.5) is 13.2 Å². The summed E-state index contributed by atoms with van der Waals surface area (Å²) in [7, 11) is 0. The Bertz CT molecular complexity index is 445. The lowest BCUT2D eigenvalue weighted by atomic mass is 9.95. The highest BCUT2D eigenvalue weighted by molar-refractivity contribution is 5.29. The molecule has 0 bridgehead atoms. The van der Waals surface area contributed by atoms with Crippen LogP contribution in [0.5, 0.6) is 5.75 Å². The van der Waals surface area contributed by atoms with Gasteiger partial charge in [0.25, 0.3) is 0 Å². The molecule has 1 fully saturated rings. The zero-order chi connectivity index (χ0) is 15.5. The molecule has 118 valence electrons. The number of alkyl halides is 3. The fourth-order valence-corrected chi connectivity index (χ4v) is 2.46. The van der Waals surface area contributed by atoms with E-state index in [1.807, 2.05) is 0 Å². The molecule has 0 saturated carbocycles. The highest BCUT2D eigenvalue weighted by atomic mass is 19.4. The van der Waals surface area contributed by atoms with Crippen molar-refractivity contribution in [1.82, 2.24) is 5.32 Å². The molecule has 1 aromatic carbocycles. The standard InChI is InChI=1S/C15H20F3NO2/c1-10(2)19-9-12-7-8-20-14(12)11-3-5-13(6-4-11)21-15(16,17)18/h3-6,10,12,14,19H,7-9H2,1-2H3. The van der Waals surface area contributed by atoms with Crippen molar-refractivity contribution in [3.05, 3.63) is 29.8 Å². The lowest BCUT2D eigenvalue weighted by molar-refractivity contribution is -0.274. The first kappa shape index (κ1) is 16.1. The molecule has 1 N–H and O–H groups in total. The van der Waals surface area contributed by atoms with Crippen molar-refractivity contribution in [2.75, 3.05) is 13.2 Å². The lowest BCUT2D eigenvalue weighted by Crippen LogP contribution is -2.30. The molecule has 0 aliphatic carbocycles. The van der Waals surface area contributed by atoms with E-state index in [1.165, 1.54) is 12.1 Å². The highest BCUT2D eigenvalue weighted by Gasteiger charge is 2.32. The van der Waals surface area contributed by atoms with Crippen molar-refractivity contribution in [1.29, 1.82) is 0 Å². The summed E-state index contributed by atoms with van der Waals surface area (Å²) in [5, 5.41) is 3.38. The second kappa shape index (κ2) is 6.66. The third kappa shape index (κ3) is 4.89. The third-order valence-electron chi connectivity index (χ3n) is 3.44. The molecular formula is C15H20F3NO2. The Morgan fingerprint density at radius 3 is 2.52 bits per heavy atom. The molecule has 1 saturated heterocycles. The number of ether oxygens (including phenoxy) is 2. The third-order valence-corrected chi connectivity index (χ3v) is 3.44. The minimum absolute atomic E-state index is 0.0730. The Morgan fingerprint density at radius 1 is 1.29 bits per heavy atom. The maximum absolute atomic E-state index is 12.1. The predicted octanol–water partition coefficient (Wildman–Crippen LogP) is 3.66. The van der Waals surface area contributed by atoms with Gasteiger partial charge in [-0.05, 0) is 24.1 Å². The summed E-state index contributed by atoms with van der Waals surface area (Å²) in [5.41, 5.74) is 0.887. The van der Waals surface area contributed by atoms with E-state index in [9.17, 15) is 13.2 Å². The molecule has 2 rings (SSSR count). The molecular weight excluding hydrogens is 283 g/mol. The lowest BCUT2D eigenvalue weighted by Gasteiger charge is -2.21. The molecule has 1 aliphatic heterocycles. The van der Waals surface area contributed by atoms with Crippen LogP contribution in [0.1, 0.15) is 31.9 Å². The van der Waals surface area contributed by atoms with Gasteiger partial charge in [-0.3, -0.25) is 0 Å². The summed E-state index contributed by atoms with van der Waals surface area (Å²) in [6, 6.07) is 6.34. The summed E-state index contributed by atoms with van der Waals surface area (Å²) >= 11 is 0. The van der Waals surface area contributed by atoms with Gasteiger partial charge in [0, 0.05) is 25.1 Å². The van der Waals surface area contributed by atoms with Gasteiger partial charge in [0.05, 0.1) is 6.10 Å². The number of hydrogen-bond donors (Lipinski definition) is 1. The van der Waals surface area contributed by atoms with Gasteiger partial charge in [-0.15, -0.1) is 13.2 Å². The molecule has 2 atom stereocenters. The van der Waals surface area contributed by atoms with Crippen molar-refractivity contribution < 1.29 is 22.6 Å². The molecule has 0 radical (unpaired) electrons. The van der Waals surface area contributed by atoms with Crippen LogP contribution in [0.3, 0.4) is 0 Å². The quantitative estimate of drug-likeness (QED) is 0.900. The zero-order valence-electron chi connectivity index (χ0n) is 12.1. The van der Waals surface area contributed by atoms with Gasteiger partial charge >= 0.3 is 6.36 Å². The first-order chi connectivity index (χ1) is 9.85. The molecule has 0 aromatic heterocycles. The Balaban J connectivity index is 2.00. The van der Waals surface area contributed by atoms with E-state index >= 15 is 0 Å². The Hall–Kier alpha value is -1.27. The molecule has 0 amide bonds. The SMILES string of the molecule is CC(C)NCC1CCOC1c1ccc(OC(F)(F)F)cc1. The van der Waals surface area contributed by atoms with Gasteiger partial charge in [0.2, 0.25) is 0 Å². The van der Waals surface area contributed by atoms with Crippen LogP contribution in [0, 0.1) is 5.92 Å². The fourth-order valence-electron chi connectivity index (χ4n) is 2.46. The molecule has 2 unspecified atom stereocenters. The monoisotopic (exact) mass is 303 g/mol. The average molecular weight is 303 g/mol. The number of rotatable bonds is 5. The van der Waals surface area contributed by atoms with Crippen LogP contribution < -0.4 is 10.1 Å². The Kier molecular flexibility index (Phi) is 5.11. The van der Waals surface area contributed by atoms with Crippen LogP contribution >= 0.6 is 0 Å². The molecule has 3 nitrogen and oxygen atoms in total. The van der Waals surface area contributed by atoms with Crippen LogP contribution in [0.2, 0.25) is 0 Å². The maximum Gasteiger partial charge on any atom is 0.573 e. The van der Waals surface area contributed by atoms with E-state index < -0.39 is 6.36 Å². The van der Waals surface area contributed by atoms with Crippen molar-refractivity contribution >= 4 is 0 Å². The topological polar surface area (TPSA) is 30.5 Å². The molecule has 6 heteroatoms. The van der Waals surface area contributed by atoms with Gasteiger partial charge in [-0.1, -0.05) is 26.0 Å². The maximum atomic E-state index is 12.1. The van der Waals surface area contributed by atoms with Crippen molar-refractivity contribution in [2.24, 2.45) is 5.92 Å². The first-order valence-corrected chi connectivity index (χ1v) is 7.06. The van der Waals surface area contributed by atoms with Crippen LogP contribution in [-0.2, 0) is 4.74 Å². The van der Waals surface area contributed by atoms with Crippen LogP contribution in [-0.4, -0.2) is 25.6 Å². The molecule has 21 heavy (non-hydrogen) atoms. The van der Waals surface area contributed by atoms with Gasteiger partial charge in [0.15, 0.2) is 0 Å². The molecule has 1 heterocycles. The normalized spacial score (nSPS) is 22.8. The highest BCUT2D eigenvalue weighted by Crippen LogP contribution is 2.35. The van der Waals surface area contributed by atoms with Crippen LogP contribution in [0.25, 0.3) is 0 Å². The summed E-state index contributed by atoms with van der Waals surface area (Å²) < 4.78 is 46.0. The van der Waals surface area contributed by atoms with E-state index in [4.69, 9.17) is 4.74 Å². The minimum atomic E-state index is -4.66. The fraction of sp³-hybridized carbons (Fsp3) is 0.600. The van der Waals surface area contributed by atoms with E-state index in [-0.39, 0.29) is 11.9 Å². The molecule has 0 spiro atoms. The minimum Gasteiger partial charge on any atom is -0.406 e. The van der Waals surface area contributed by atoms with E-state index in [0.29, 0.717) is 18.6 Å². The summed E-state index contributed by atoms with van der Waals surface area (Å²) in [6.45, 7) is 5.67. The van der Waals surface area contributed by atoms with Gasteiger partial charge in [-0.25, -0.2) is 0 Å². The van der Waals surface area contributed by atoms with Gasteiger partial charge in [0.1, 0.15) is 5.75 Å². The Morgan fingerprint density at radius 2 is 1.95 bits per heavy atom. The van der Waals surface area contributed by atoms with Crippen molar-refractivity contribution in [3.63, 3.8) is 0 Å². The Labute approximate surface area is 122 Å². The largest absolute Gasteiger partial charge is 0.573 e. The first-order valence-electron chi connectivity index (χ1n) is 7.06. The second-order valence-corrected chi connectivity index (χ2v) is 5.52. The number of hydrogen-bond acceptors (Lipinski definition) is 3. The smallest absolute Gasteiger partial charge is 0.406 e. The zero-order valence-corrected chi connectivity index (χ0v) is 12.1. The van der Waals surface area contributed by atoms with Crippen molar-refractivity contribution in [2.45, 2.75) is 38.8 Å². The average Bonchev–Trinajstić information content (AvgIpc) is 2.83. The van der Waals surface area contributed by atoms with E-state index in [0.717, 1.165) is 18.5 Å². The van der Waals surface area contributed by atoms with Gasteiger partial charge < -0.3 is 14.8 Å². The van der Waals surface area contributed by atoms with E-state index in [1.54, 1.807) is 12.1 Å². The summed E-state index contributed by atoms with van der Waals surface area (Å²) in [5.74, 6) is 0.128. The molecule has 1 aromatic rings. The number of halogens is 3. The van der Waals surface area contributed by atoms with Crippen molar-refractivity contribution in [3.8, 4) is 5.75 Å². The summed E-state index contributed by atoms with van der Waals surface area (Å²) in [4.78, 5) is 0.